The first-order valence-electron chi connectivity index (χ1n) is 7.05. The summed E-state index contributed by atoms with van der Waals surface area (Å²) in [5, 5.41) is 0. The quantitative estimate of drug-likeness (QED) is 0.648. The van der Waals surface area contributed by atoms with E-state index in [-0.39, 0.29) is 5.82 Å². The molecule has 2 nitrogen and oxygen atoms in total. The summed E-state index contributed by atoms with van der Waals surface area (Å²) in [5.74, 6) is 0.949. The lowest BCUT2D eigenvalue weighted by Gasteiger charge is -2.10. The van der Waals surface area contributed by atoms with Crippen molar-refractivity contribution in [1.29, 1.82) is 0 Å². The molecule has 0 aliphatic carbocycles. The molecule has 1 aromatic heterocycles. The highest BCUT2D eigenvalue weighted by molar-refractivity contribution is 6.17. The van der Waals surface area contributed by atoms with Gasteiger partial charge in [0, 0.05) is 18.0 Å². The smallest absolute Gasteiger partial charge is 0.151 e. The Balaban J connectivity index is 2.28. The van der Waals surface area contributed by atoms with Crippen LogP contribution in [0.4, 0.5) is 4.39 Å². The van der Waals surface area contributed by atoms with E-state index >= 15 is 0 Å². The number of alkyl halides is 1. The molecule has 0 aliphatic heterocycles. The molecule has 0 N–H and O–H groups in total. The van der Waals surface area contributed by atoms with Crippen LogP contribution < -0.4 is 0 Å². The number of hydrogen-bond acceptors (Lipinski definition) is 1. The van der Waals surface area contributed by atoms with Crippen LogP contribution in [0.15, 0.2) is 42.5 Å². The molecule has 0 spiro atoms. The second kappa shape index (κ2) is 5.86. The maximum Gasteiger partial charge on any atom is 0.151 e. The lowest BCUT2D eigenvalue weighted by molar-refractivity contribution is 0.637. The molecule has 0 atom stereocenters. The highest BCUT2D eigenvalue weighted by Crippen LogP contribution is 2.24. The number of hydrogen-bond donors (Lipinski definition) is 0. The van der Waals surface area contributed by atoms with Gasteiger partial charge < -0.3 is 0 Å². The Bertz CT molecular complexity index is 780. The topological polar surface area (TPSA) is 17.8 Å². The summed E-state index contributed by atoms with van der Waals surface area (Å²) in [4.78, 5) is 4.44. The van der Waals surface area contributed by atoms with Gasteiger partial charge in [0.15, 0.2) is 5.82 Å². The van der Waals surface area contributed by atoms with Crippen molar-refractivity contribution in [1.82, 2.24) is 9.55 Å². The van der Waals surface area contributed by atoms with Gasteiger partial charge in [-0.25, -0.2) is 9.37 Å². The third-order valence-electron chi connectivity index (χ3n) is 3.60. The Morgan fingerprint density at radius 2 is 2.00 bits per heavy atom. The van der Waals surface area contributed by atoms with Crippen LogP contribution >= 0.6 is 11.6 Å². The highest BCUT2D eigenvalue weighted by atomic mass is 35.5. The Morgan fingerprint density at radius 1 is 1.19 bits per heavy atom. The summed E-state index contributed by atoms with van der Waals surface area (Å²) in [6.07, 6.45) is 1.56. The van der Waals surface area contributed by atoms with Crippen molar-refractivity contribution >= 4 is 22.6 Å². The van der Waals surface area contributed by atoms with Gasteiger partial charge in [-0.05, 0) is 36.2 Å². The van der Waals surface area contributed by atoms with Crippen LogP contribution in [0.3, 0.4) is 0 Å². The van der Waals surface area contributed by atoms with E-state index in [1.165, 1.54) is 11.6 Å². The van der Waals surface area contributed by atoms with Gasteiger partial charge in [0.2, 0.25) is 0 Å². The summed E-state index contributed by atoms with van der Waals surface area (Å²) in [6.45, 7) is 2.12. The van der Waals surface area contributed by atoms with Crippen LogP contribution in [0, 0.1) is 5.82 Å². The monoisotopic (exact) mass is 302 g/mol. The van der Waals surface area contributed by atoms with Crippen molar-refractivity contribution in [3.63, 3.8) is 0 Å². The molecule has 21 heavy (non-hydrogen) atoms. The number of benzene rings is 2. The van der Waals surface area contributed by atoms with E-state index in [1.807, 2.05) is 22.8 Å². The number of imidazole rings is 1. The second-order valence-corrected chi connectivity index (χ2v) is 5.31. The van der Waals surface area contributed by atoms with E-state index in [1.54, 1.807) is 6.07 Å². The Labute approximate surface area is 128 Å². The SMILES string of the molecule is CCc1cccc(-n2c(CCCl)nc3c(F)cccc32)c1. The number of aromatic nitrogens is 2. The lowest BCUT2D eigenvalue weighted by atomic mass is 10.1. The van der Waals surface area contributed by atoms with Crippen LogP contribution in [0.25, 0.3) is 16.7 Å². The summed E-state index contributed by atoms with van der Waals surface area (Å²) >= 11 is 5.87. The first-order valence-corrected chi connectivity index (χ1v) is 7.59. The maximum atomic E-state index is 14.0. The number of para-hydroxylation sites is 1. The van der Waals surface area contributed by atoms with Crippen LogP contribution in [0.1, 0.15) is 18.3 Å². The van der Waals surface area contributed by atoms with E-state index in [9.17, 15) is 4.39 Å². The molecule has 0 saturated heterocycles. The predicted octanol–water partition coefficient (Wildman–Crippen LogP) is 4.51. The largest absolute Gasteiger partial charge is 0.296 e. The van der Waals surface area contributed by atoms with Crippen LogP contribution in [-0.2, 0) is 12.8 Å². The maximum absolute atomic E-state index is 14.0. The molecule has 3 aromatic rings. The second-order valence-electron chi connectivity index (χ2n) is 4.93. The van der Waals surface area contributed by atoms with Crippen molar-refractivity contribution in [3.8, 4) is 5.69 Å². The van der Waals surface area contributed by atoms with Crippen molar-refractivity contribution in [2.24, 2.45) is 0 Å². The Morgan fingerprint density at radius 3 is 2.76 bits per heavy atom. The normalized spacial score (nSPS) is 11.2. The molecular weight excluding hydrogens is 287 g/mol. The minimum atomic E-state index is -0.297. The van der Waals surface area contributed by atoms with Gasteiger partial charge in [-0.1, -0.05) is 25.1 Å². The first kappa shape index (κ1) is 14.1. The van der Waals surface area contributed by atoms with E-state index < -0.39 is 0 Å². The molecular formula is C17H16ClFN2. The molecule has 0 fully saturated rings. The average Bonchev–Trinajstić information content (AvgIpc) is 2.87. The molecule has 4 heteroatoms. The lowest BCUT2D eigenvalue weighted by Crippen LogP contribution is -2.02. The van der Waals surface area contributed by atoms with Gasteiger partial charge in [-0.3, -0.25) is 4.57 Å². The van der Waals surface area contributed by atoms with Gasteiger partial charge in [0.1, 0.15) is 11.3 Å². The minimum absolute atomic E-state index is 0.297. The van der Waals surface area contributed by atoms with E-state index in [0.717, 1.165) is 23.4 Å². The molecule has 2 aromatic carbocycles. The number of rotatable bonds is 4. The number of aryl methyl sites for hydroxylation is 2. The number of fused-ring (bicyclic) bond motifs is 1. The van der Waals surface area contributed by atoms with Crippen molar-refractivity contribution in [2.75, 3.05) is 5.88 Å². The van der Waals surface area contributed by atoms with Crippen LogP contribution in [0.5, 0.6) is 0 Å². The van der Waals surface area contributed by atoms with Crippen LogP contribution in [0.2, 0.25) is 0 Å². The Hall–Kier alpha value is -1.87. The molecule has 0 amide bonds. The molecule has 0 bridgehead atoms. The molecule has 3 rings (SSSR count). The summed E-state index contributed by atoms with van der Waals surface area (Å²) in [6, 6.07) is 13.3. The fourth-order valence-electron chi connectivity index (χ4n) is 2.57. The number of halogens is 2. The standard InChI is InChI=1S/C17H16ClFN2/c1-2-12-5-3-6-13(11-12)21-15-8-4-7-14(19)17(15)20-16(21)9-10-18/h3-8,11H,2,9-10H2,1H3. The third kappa shape index (κ3) is 2.54. The first-order chi connectivity index (χ1) is 10.2. The summed E-state index contributed by atoms with van der Waals surface area (Å²) in [7, 11) is 0. The predicted molar refractivity (Wildman–Crippen MR) is 84.8 cm³/mol. The minimum Gasteiger partial charge on any atom is -0.296 e. The molecule has 0 saturated carbocycles. The fourth-order valence-corrected chi connectivity index (χ4v) is 2.74. The van der Waals surface area contributed by atoms with Gasteiger partial charge >= 0.3 is 0 Å². The highest BCUT2D eigenvalue weighted by Gasteiger charge is 2.14. The Kier molecular flexibility index (Phi) is 3.93. The molecule has 0 radical (unpaired) electrons. The van der Waals surface area contributed by atoms with Crippen molar-refractivity contribution < 1.29 is 4.39 Å². The van der Waals surface area contributed by atoms with Gasteiger partial charge in [0.25, 0.3) is 0 Å². The van der Waals surface area contributed by atoms with Crippen molar-refractivity contribution in [2.45, 2.75) is 19.8 Å². The summed E-state index contributed by atoms with van der Waals surface area (Å²) in [5.41, 5.74) is 3.42. The molecule has 1 heterocycles. The zero-order valence-electron chi connectivity index (χ0n) is 11.8. The van der Waals surface area contributed by atoms with Gasteiger partial charge in [-0.15, -0.1) is 11.6 Å². The van der Waals surface area contributed by atoms with Crippen LogP contribution in [-0.4, -0.2) is 15.4 Å². The van der Waals surface area contributed by atoms with E-state index in [0.29, 0.717) is 17.8 Å². The van der Waals surface area contributed by atoms with Gasteiger partial charge in [0.05, 0.1) is 5.52 Å². The number of nitrogens with zero attached hydrogens (tertiary/aromatic N) is 2. The zero-order valence-corrected chi connectivity index (χ0v) is 12.6. The van der Waals surface area contributed by atoms with E-state index in [4.69, 9.17) is 11.6 Å². The average molecular weight is 303 g/mol. The van der Waals surface area contributed by atoms with Gasteiger partial charge in [-0.2, -0.15) is 0 Å². The molecule has 108 valence electrons. The van der Waals surface area contributed by atoms with Crippen molar-refractivity contribution in [3.05, 3.63) is 59.7 Å². The van der Waals surface area contributed by atoms with E-state index in [2.05, 4.69) is 24.0 Å². The molecule has 0 unspecified atom stereocenters. The fraction of sp³-hybridized carbons (Fsp3) is 0.235. The zero-order chi connectivity index (χ0) is 14.8. The third-order valence-corrected chi connectivity index (χ3v) is 3.79. The molecule has 0 aliphatic rings. The summed E-state index contributed by atoms with van der Waals surface area (Å²) < 4.78 is 16.0.